The van der Waals surface area contributed by atoms with Crippen LogP contribution in [-0.4, -0.2) is 54.6 Å². The molecule has 1 atom stereocenters. The van der Waals surface area contributed by atoms with Crippen molar-refractivity contribution in [3.8, 4) is 28.5 Å². The summed E-state index contributed by atoms with van der Waals surface area (Å²) in [6.45, 7) is 5.22. The van der Waals surface area contributed by atoms with E-state index >= 15 is 4.39 Å². The molecule has 0 spiro atoms. The third kappa shape index (κ3) is 8.65. The molecule has 0 fully saturated rings. The van der Waals surface area contributed by atoms with Crippen molar-refractivity contribution in [2.45, 2.75) is 45.0 Å². The number of carboxylic acid groups (broad SMARTS) is 1. The van der Waals surface area contributed by atoms with Gasteiger partial charge in [-0.1, -0.05) is 11.2 Å². The number of hydrogen-bond donors (Lipinski definition) is 3. The summed E-state index contributed by atoms with van der Waals surface area (Å²) in [7, 11) is 0. The van der Waals surface area contributed by atoms with E-state index in [9.17, 15) is 32.7 Å². The second-order valence-corrected chi connectivity index (χ2v) is 11.7. The Balaban J connectivity index is 1.22. The molecule has 12 nitrogen and oxygen atoms in total. The van der Waals surface area contributed by atoms with Gasteiger partial charge in [0, 0.05) is 23.9 Å². The lowest BCUT2D eigenvalue weighted by Gasteiger charge is -2.19. The van der Waals surface area contributed by atoms with Crippen molar-refractivity contribution in [3.63, 3.8) is 0 Å². The van der Waals surface area contributed by atoms with Crippen LogP contribution in [0.1, 0.15) is 42.4 Å². The van der Waals surface area contributed by atoms with E-state index in [1.165, 1.54) is 41.2 Å². The number of aliphatic carboxylic acids is 1. The molecule has 3 aromatic carbocycles. The minimum Gasteiger partial charge on any atom is -0.480 e. The molecule has 2 heterocycles. The van der Waals surface area contributed by atoms with Crippen LogP contribution in [0.15, 0.2) is 83.5 Å². The van der Waals surface area contributed by atoms with Crippen molar-refractivity contribution in [1.82, 2.24) is 25.2 Å². The SMILES string of the molecule is CC(C)(C)OC(=O)Nc1ccc(-c2nc(-c3ccc(CC(NC(=O)c4ccn(-c5ccc(C(F)(F)F)cc5)n4)C(=O)O)cc3F)no2)cc1. The average molecular weight is 681 g/mol. The maximum Gasteiger partial charge on any atom is 0.416 e. The Kier molecular flexibility index (Phi) is 9.50. The van der Waals surface area contributed by atoms with Crippen LogP contribution in [0.2, 0.25) is 0 Å². The molecule has 1 unspecified atom stereocenters. The number of alkyl halides is 3. The van der Waals surface area contributed by atoms with Gasteiger partial charge in [-0.25, -0.2) is 18.7 Å². The molecule has 3 N–H and O–H groups in total. The van der Waals surface area contributed by atoms with Crippen molar-refractivity contribution in [1.29, 1.82) is 0 Å². The molecular weight excluding hydrogens is 652 g/mol. The van der Waals surface area contributed by atoms with E-state index in [2.05, 4.69) is 25.9 Å². The zero-order valence-electron chi connectivity index (χ0n) is 26.1. The molecule has 0 aliphatic carbocycles. The van der Waals surface area contributed by atoms with Gasteiger partial charge in [0.05, 0.1) is 16.8 Å². The number of ether oxygens (including phenoxy) is 1. The monoisotopic (exact) mass is 680 g/mol. The molecule has 49 heavy (non-hydrogen) atoms. The summed E-state index contributed by atoms with van der Waals surface area (Å²) in [6, 6.07) is 14.2. The Morgan fingerprint density at radius 1 is 0.980 bits per heavy atom. The number of anilines is 1. The molecular formula is C33H28F4N6O6. The van der Waals surface area contributed by atoms with Gasteiger partial charge in [-0.3, -0.25) is 10.1 Å². The highest BCUT2D eigenvalue weighted by Gasteiger charge is 2.30. The van der Waals surface area contributed by atoms with Crippen LogP contribution >= 0.6 is 0 Å². The Labute approximate surface area is 275 Å². The maximum atomic E-state index is 15.2. The van der Waals surface area contributed by atoms with E-state index in [4.69, 9.17) is 9.26 Å². The lowest BCUT2D eigenvalue weighted by atomic mass is 10.0. The minimum atomic E-state index is -4.52. The third-order valence-electron chi connectivity index (χ3n) is 6.80. The van der Waals surface area contributed by atoms with Crippen molar-refractivity contribution < 1.29 is 46.3 Å². The number of aromatic nitrogens is 4. The number of nitrogens with one attached hydrogen (secondary N) is 2. The first-order valence-electron chi connectivity index (χ1n) is 14.6. The van der Waals surface area contributed by atoms with Crippen LogP contribution in [0.25, 0.3) is 28.5 Å². The summed E-state index contributed by atoms with van der Waals surface area (Å²) in [6.07, 6.45) is -4.09. The predicted molar refractivity (Wildman–Crippen MR) is 166 cm³/mol. The van der Waals surface area contributed by atoms with Crippen molar-refractivity contribution in [2.24, 2.45) is 0 Å². The van der Waals surface area contributed by atoms with E-state index in [-0.39, 0.29) is 40.6 Å². The van der Waals surface area contributed by atoms with Gasteiger partial charge >= 0.3 is 18.2 Å². The van der Waals surface area contributed by atoms with E-state index in [1.54, 1.807) is 45.0 Å². The lowest BCUT2D eigenvalue weighted by molar-refractivity contribution is -0.139. The number of nitrogens with zero attached hydrogens (tertiary/aromatic N) is 4. The highest BCUT2D eigenvalue weighted by molar-refractivity contribution is 5.95. The summed E-state index contributed by atoms with van der Waals surface area (Å²) < 4.78 is 65.4. The largest absolute Gasteiger partial charge is 0.480 e. The number of benzene rings is 3. The molecule has 2 amide bonds. The van der Waals surface area contributed by atoms with Crippen LogP contribution in [0.5, 0.6) is 0 Å². The molecule has 0 radical (unpaired) electrons. The Bertz CT molecular complexity index is 1980. The number of halogens is 4. The van der Waals surface area contributed by atoms with Crippen LogP contribution in [0, 0.1) is 5.82 Å². The molecule has 0 aliphatic heterocycles. The molecule has 0 saturated heterocycles. The van der Waals surface area contributed by atoms with Gasteiger partial charge in [0.25, 0.3) is 11.8 Å². The highest BCUT2D eigenvalue weighted by atomic mass is 19.4. The number of hydrogen-bond acceptors (Lipinski definition) is 8. The predicted octanol–water partition coefficient (Wildman–Crippen LogP) is 6.52. The van der Waals surface area contributed by atoms with Gasteiger partial charge in [-0.15, -0.1) is 0 Å². The van der Waals surface area contributed by atoms with Gasteiger partial charge in [0.2, 0.25) is 5.82 Å². The molecule has 254 valence electrons. The fourth-order valence-electron chi connectivity index (χ4n) is 4.49. The van der Waals surface area contributed by atoms with Crippen molar-refractivity contribution in [2.75, 3.05) is 5.32 Å². The Morgan fingerprint density at radius 2 is 1.67 bits per heavy atom. The van der Waals surface area contributed by atoms with Gasteiger partial charge in [-0.2, -0.15) is 23.3 Å². The number of carbonyl (C=O) groups excluding carboxylic acids is 2. The minimum absolute atomic E-state index is 0.0216. The summed E-state index contributed by atoms with van der Waals surface area (Å²) in [5.41, 5.74) is -0.283. The van der Waals surface area contributed by atoms with E-state index in [1.807, 2.05) is 0 Å². The van der Waals surface area contributed by atoms with Crippen molar-refractivity contribution in [3.05, 3.63) is 102 Å². The van der Waals surface area contributed by atoms with E-state index in [0.29, 0.717) is 11.3 Å². The molecule has 5 aromatic rings. The van der Waals surface area contributed by atoms with Gasteiger partial charge in [0.15, 0.2) is 5.69 Å². The first-order valence-corrected chi connectivity index (χ1v) is 14.6. The lowest BCUT2D eigenvalue weighted by Crippen LogP contribution is -2.42. The van der Waals surface area contributed by atoms with Crippen LogP contribution in [0.4, 0.5) is 28.0 Å². The molecule has 0 bridgehead atoms. The smallest absolute Gasteiger partial charge is 0.416 e. The summed E-state index contributed by atoms with van der Waals surface area (Å²) in [5.74, 6) is -3.01. The van der Waals surface area contributed by atoms with E-state index < -0.39 is 47.2 Å². The van der Waals surface area contributed by atoms with Crippen LogP contribution in [-0.2, 0) is 22.1 Å². The summed E-state index contributed by atoms with van der Waals surface area (Å²) in [5, 5.41) is 22.5. The molecule has 5 rings (SSSR count). The molecule has 0 aliphatic rings. The number of amides is 2. The molecule has 16 heteroatoms. The topological polar surface area (TPSA) is 161 Å². The second kappa shape index (κ2) is 13.6. The standard InChI is InChI=1S/C33H28F4N6O6/c1-32(2,3)48-31(47)38-21-9-5-19(6-10-21)29-40-27(42-49-29)23-13-4-18(16-24(23)34)17-26(30(45)46)39-28(44)25-14-15-43(41-25)22-11-7-20(8-12-22)33(35,36)37/h4-16,26H,17H2,1-3H3,(H,38,47)(H,39,44)(H,45,46). The maximum absolute atomic E-state index is 15.2. The summed E-state index contributed by atoms with van der Waals surface area (Å²) in [4.78, 5) is 41.0. The average Bonchev–Trinajstić information content (AvgIpc) is 3.71. The van der Waals surface area contributed by atoms with Crippen LogP contribution < -0.4 is 10.6 Å². The first kappa shape index (κ1) is 34.3. The Hall–Kier alpha value is -6.06. The molecule has 2 aromatic heterocycles. The normalized spacial score (nSPS) is 12.3. The quantitative estimate of drug-likeness (QED) is 0.147. The Morgan fingerprint density at radius 3 is 2.29 bits per heavy atom. The zero-order chi connectivity index (χ0) is 35.5. The highest BCUT2D eigenvalue weighted by Crippen LogP contribution is 2.30. The fourth-order valence-corrected chi connectivity index (χ4v) is 4.49. The summed E-state index contributed by atoms with van der Waals surface area (Å²) >= 11 is 0. The number of carbonyl (C=O) groups is 3. The van der Waals surface area contributed by atoms with Gasteiger partial charge in [0.1, 0.15) is 17.5 Å². The zero-order valence-corrected chi connectivity index (χ0v) is 26.1. The third-order valence-corrected chi connectivity index (χ3v) is 6.80. The van der Waals surface area contributed by atoms with Gasteiger partial charge in [-0.05, 0) is 93.1 Å². The van der Waals surface area contributed by atoms with Crippen molar-refractivity contribution >= 4 is 23.7 Å². The molecule has 0 saturated carbocycles. The fraction of sp³-hybridized carbons (Fsp3) is 0.212. The number of carboxylic acids is 1. The van der Waals surface area contributed by atoms with Crippen LogP contribution in [0.3, 0.4) is 0 Å². The number of rotatable bonds is 9. The second-order valence-electron chi connectivity index (χ2n) is 11.7. The van der Waals surface area contributed by atoms with Gasteiger partial charge < -0.3 is 19.7 Å². The first-order chi connectivity index (χ1) is 23.1. The van der Waals surface area contributed by atoms with E-state index in [0.717, 1.165) is 18.2 Å².